The van der Waals surface area contributed by atoms with Crippen molar-refractivity contribution in [2.45, 2.75) is 27.7 Å². The zero-order chi connectivity index (χ0) is 19.8. The summed E-state index contributed by atoms with van der Waals surface area (Å²) in [7, 11) is 0. The Morgan fingerprint density at radius 2 is 1.41 bits per heavy atom. The molecule has 27 heavy (non-hydrogen) atoms. The standard InChI is InChI=1S/C21H24O6/c1-5-24-18-12-16(13-19(25-6-2)20(18)26-7-3)21(23)27-17-10-8-9-15(11-17)14(4)22/h8-13H,5-7H2,1-4H3. The third-order valence-corrected chi connectivity index (χ3v) is 3.60. The number of hydrogen-bond acceptors (Lipinski definition) is 6. The van der Waals surface area contributed by atoms with E-state index in [1.54, 1.807) is 30.3 Å². The SMILES string of the molecule is CCOc1cc(C(=O)Oc2cccc(C(C)=O)c2)cc(OCC)c1OCC. The number of ketones is 1. The molecular formula is C21H24O6. The van der Waals surface area contributed by atoms with Crippen molar-refractivity contribution in [3.05, 3.63) is 47.5 Å². The van der Waals surface area contributed by atoms with E-state index in [0.29, 0.717) is 42.6 Å². The molecule has 144 valence electrons. The first-order valence-corrected chi connectivity index (χ1v) is 8.89. The Kier molecular flexibility index (Phi) is 7.23. The molecule has 0 aliphatic rings. The fourth-order valence-corrected chi connectivity index (χ4v) is 2.45. The van der Waals surface area contributed by atoms with E-state index in [0.717, 1.165) is 0 Å². The minimum Gasteiger partial charge on any atom is -0.490 e. The Bertz CT molecular complexity index is 785. The van der Waals surface area contributed by atoms with Gasteiger partial charge in [0.05, 0.1) is 25.4 Å². The number of benzene rings is 2. The fourth-order valence-electron chi connectivity index (χ4n) is 2.45. The maximum Gasteiger partial charge on any atom is 0.343 e. The van der Waals surface area contributed by atoms with Crippen LogP contribution in [0.1, 0.15) is 48.4 Å². The molecule has 0 spiro atoms. The largest absolute Gasteiger partial charge is 0.490 e. The van der Waals surface area contributed by atoms with Crippen molar-refractivity contribution >= 4 is 11.8 Å². The van der Waals surface area contributed by atoms with Gasteiger partial charge in [0, 0.05) is 5.56 Å². The zero-order valence-corrected chi connectivity index (χ0v) is 16.0. The second-order valence-corrected chi connectivity index (χ2v) is 5.57. The number of carbonyl (C=O) groups excluding carboxylic acids is 2. The Labute approximate surface area is 159 Å². The van der Waals surface area contributed by atoms with E-state index in [2.05, 4.69) is 0 Å². The minimum absolute atomic E-state index is 0.105. The fraction of sp³-hybridized carbons (Fsp3) is 0.333. The molecular weight excluding hydrogens is 348 g/mol. The van der Waals surface area contributed by atoms with Gasteiger partial charge in [-0.3, -0.25) is 4.79 Å². The average Bonchev–Trinajstić information content (AvgIpc) is 2.64. The predicted molar refractivity (Wildman–Crippen MR) is 101 cm³/mol. The molecule has 2 aromatic rings. The van der Waals surface area contributed by atoms with Gasteiger partial charge in [0.25, 0.3) is 0 Å². The number of Topliss-reactive ketones (excluding diaryl/α,β-unsaturated/α-hetero) is 1. The van der Waals surface area contributed by atoms with E-state index in [-0.39, 0.29) is 17.1 Å². The van der Waals surface area contributed by atoms with Crippen molar-refractivity contribution in [1.82, 2.24) is 0 Å². The summed E-state index contributed by atoms with van der Waals surface area (Å²) < 4.78 is 22.3. The third-order valence-electron chi connectivity index (χ3n) is 3.60. The summed E-state index contributed by atoms with van der Waals surface area (Å²) in [5.74, 6) is 0.880. The maximum atomic E-state index is 12.6. The van der Waals surface area contributed by atoms with Crippen molar-refractivity contribution in [3.8, 4) is 23.0 Å². The number of esters is 1. The van der Waals surface area contributed by atoms with E-state index in [4.69, 9.17) is 18.9 Å². The van der Waals surface area contributed by atoms with Gasteiger partial charge in [0.2, 0.25) is 5.75 Å². The van der Waals surface area contributed by atoms with E-state index in [9.17, 15) is 9.59 Å². The minimum atomic E-state index is -0.583. The highest BCUT2D eigenvalue weighted by Gasteiger charge is 2.19. The van der Waals surface area contributed by atoms with Gasteiger partial charge in [-0.1, -0.05) is 12.1 Å². The first-order chi connectivity index (χ1) is 13.0. The highest BCUT2D eigenvalue weighted by atomic mass is 16.5. The van der Waals surface area contributed by atoms with Crippen molar-refractivity contribution in [2.75, 3.05) is 19.8 Å². The number of ether oxygens (including phenoxy) is 4. The number of rotatable bonds is 9. The highest BCUT2D eigenvalue weighted by molar-refractivity contribution is 5.95. The van der Waals surface area contributed by atoms with Crippen molar-refractivity contribution < 1.29 is 28.5 Å². The van der Waals surface area contributed by atoms with Gasteiger partial charge < -0.3 is 18.9 Å². The normalized spacial score (nSPS) is 10.2. The molecule has 0 atom stereocenters. The van der Waals surface area contributed by atoms with Crippen LogP contribution in [0.25, 0.3) is 0 Å². The molecule has 0 radical (unpaired) electrons. The lowest BCUT2D eigenvalue weighted by molar-refractivity contribution is 0.0732. The van der Waals surface area contributed by atoms with Crippen molar-refractivity contribution in [1.29, 1.82) is 0 Å². The summed E-state index contributed by atoms with van der Waals surface area (Å²) in [6, 6.07) is 9.60. The van der Waals surface area contributed by atoms with Crippen molar-refractivity contribution in [2.24, 2.45) is 0 Å². The van der Waals surface area contributed by atoms with E-state index < -0.39 is 5.97 Å². The summed E-state index contributed by atoms with van der Waals surface area (Å²) in [6.45, 7) is 8.24. The van der Waals surface area contributed by atoms with E-state index >= 15 is 0 Å². The van der Waals surface area contributed by atoms with E-state index in [1.165, 1.54) is 13.0 Å². The number of carbonyl (C=O) groups is 2. The van der Waals surface area contributed by atoms with E-state index in [1.807, 2.05) is 20.8 Å². The Hall–Kier alpha value is -3.02. The third kappa shape index (κ3) is 5.23. The van der Waals surface area contributed by atoms with Crippen LogP contribution in [0.4, 0.5) is 0 Å². The van der Waals surface area contributed by atoms with Crippen LogP contribution in [0.15, 0.2) is 36.4 Å². The molecule has 0 saturated carbocycles. The molecule has 0 aliphatic carbocycles. The molecule has 0 unspecified atom stereocenters. The Morgan fingerprint density at radius 3 is 1.93 bits per heavy atom. The molecule has 0 aliphatic heterocycles. The topological polar surface area (TPSA) is 71.1 Å². The van der Waals surface area contributed by atoms with Gasteiger partial charge in [-0.15, -0.1) is 0 Å². The van der Waals surface area contributed by atoms with Crippen LogP contribution in [0, 0.1) is 0 Å². The van der Waals surface area contributed by atoms with Gasteiger partial charge in [-0.25, -0.2) is 4.79 Å². The average molecular weight is 372 g/mol. The molecule has 0 saturated heterocycles. The summed E-state index contributed by atoms with van der Waals surface area (Å²) in [5.41, 5.74) is 0.732. The summed E-state index contributed by atoms with van der Waals surface area (Å²) in [5, 5.41) is 0. The second-order valence-electron chi connectivity index (χ2n) is 5.57. The lowest BCUT2D eigenvalue weighted by Crippen LogP contribution is -2.11. The Morgan fingerprint density at radius 1 is 0.815 bits per heavy atom. The summed E-state index contributed by atoms with van der Waals surface area (Å²) in [4.78, 5) is 24.1. The molecule has 0 heterocycles. The maximum absolute atomic E-state index is 12.6. The lowest BCUT2D eigenvalue weighted by Gasteiger charge is -2.16. The molecule has 2 aromatic carbocycles. The van der Waals surface area contributed by atoms with Gasteiger partial charge in [0.15, 0.2) is 17.3 Å². The summed E-state index contributed by atoms with van der Waals surface area (Å²) in [6.07, 6.45) is 0. The van der Waals surface area contributed by atoms with Crippen LogP contribution in [-0.4, -0.2) is 31.6 Å². The summed E-state index contributed by atoms with van der Waals surface area (Å²) >= 11 is 0. The first kappa shape index (κ1) is 20.3. The molecule has 2 rings (SSSR count). The first-order valence-electron chi connectivity index (χ1n) is 8.89. The highest BCUT2D eigenvalue weighted by Crippen LogP contribution is 2.39. The molecule has 0 fully saturated rings. The van der Waals surface area contributed by atoms with Crippen LogP contribution in [0.5, 0.6) is 23.0 Å². The van der Waals surface area contributed by atoms with Crippen LogP contribution in [0.3, 0.4) is 0 Å². The molecule has 0 aromatic heterocycles. The molecule has 0 amide bonds. The molecule has 6 nitrogen and oxygen atoms in total. The zero-order valence-electron chi connectivity index (χ0n) is 16.0. The predicted octanol–water partition coefficient (Wildman–Crippen LogP) is 4.30. The van der Waals surface area contributed by atoms with Crippen LogP contribution in [0.2, 0.25) is 0 Å². The Balaban J connectivity index is 2.36. The number of hydrogen-bond donors (Lipinski definition) is 0. The second kappa shape index (κ2) is 9.62. The molecule has 6 heteroatoms. The van der Waals surface area contributed by atoms with Gasteiger partial charge >= 0.3 is 5.97 Å². The van der Waals surface area contributed by atoms with Crippen LogP contribution < -0.4 is 18.9 Å². The van der Waals surface area contributed by atoms with Crippen LogP contribution in [-0.2, 0) is 0 Å². The lowest BCUT2D eigenvalue weighted by atomic mass is 10.1. The van der Waals surface area contributed by atoms with Crippen molar-refractivity contribution in [3.63, 3.8) is 0 Å². The monoisotopic (exact) mass is 372 g/mol. The molecule has 0 N–H and O–H groups in total. The van der Waals surface area contributed by atoms with Gasteiger partial charge in [0.1, 0.15) is 5.75 Å². The van der Waals surface area contributed by atoms with Gasteiger partial charge in [-0.2, -0.15) is 0 Å². The molecule has 0 bridgehead atoms. The quantitative estimate of drug-likeness (QED) is 0.371. The van der Waals surface area contributed by atoms with Crippen LogP contribution >= 0.6 is 0 Å². The van der Waals surface area contributed by atoms with Gasteiger partial charge in [-0.05, 0) is 52.0 Å². The smallest absolute Gasteiger partial charge is 0.343 e.